The zero-order valence-electron chi connectivity index (χ0n) is 7.38. The number of carbonyl (C=O) groups is 2. The molecular formula is C8H10N2O2S. The number of imide groups is 1. The molecule has 0 aliphatic carbocycles. The molecule has 4 nitrogen and oxygen atoms in total. The molecule has 0 bridgehead atoms. The third kappa shape index (κ3) is 2.55. The van der Waals surface area contributed by atoms with Crippen LogP contribution in [0, 0.1) is 6.92 Å². The summed E-state index contributed by atoms with van der Waals surface area (Å²) in [6, 6.07) is 3.04. The van der Waals surface area contributed by atoms with Crippen LogP contribution in [-0.2, 0) is 0 Å². The van der Waals surface area contributed by atoms with Crippen molar-refractivity contribution in [2.24, 2.45) is 0 Å². The first-order valence-corrected chi connectivity index (χ1v) is 4.54. The molecule has 1 aromatic rings. The molecule has 5 heteroatoms. The standard InChI is InChI=1S/C8H10N2O2S/c1-5-3-4-6(13-5)7(11)10-8(12)9-2/h3-4H,1-2H3,(H2,9,10,11,12). The second-order valence-corrected chi connectivity index (χ2v) is 3.73. The number of nitrogens with one attached hydrogen (secondary N) is 2. The average molecular weight is 198 g/mol. The van der Waals surface area contributed by atoms with E-state index in [0.29, 0.717) is 4.88 Å². The van der Waals surface area contributed by atoms with Crippen LogP contribution in [0.25, 0.3) is 0 Å². The summed E-state index contributed by atoms with van der Waals surface area (Å²) in [5.74, 6) is -0.363. The van der Waals surface area contributed by atoms with Gasteiger partial charge in [0.1, 0.15) is 0 Å². The van der Waals surface area contributed by atoms with Crippen LogP contribution in [0.1, 0.15) is 14.5 Å². The number of rotatable bonds is 1. The SMILES string of the molecule is CNC(=O)NC(=O)c1ccc(C)s1. The number of amides is 3. The van der Waals surface area contributed by atoms with Crippen molar-refractivity contribution in [3.8, 4) is 0 Å². The lowest BCUT2D eigenvalue weighted by Crippen LogP contribution is -2.36. The topological polar surface area (TPSA) is 58.2 Å². The number of aryl methyl sites for hydroxylation is 1. The quantitative estimate of drug-likeness (QED) is 0.710. The minimum atomic E-state index is -0.490. The van der Waals surface area contributed by atoms with Gasteiger partial charge in [0.05, 0.1) is 4.88 Å². The fraction of sp³-hybridized carbons (Fsp3) is 0.250. The number of hydrogen-bond acceptors (Lipinski definition) is 3. The molecule has 1 rings (SSSR count). The van der Waals surface area contributed by atoms with Gasteiger partial charge in [-0.3, -0.25) is 10.1 Å². The van der Waals surface area contributed by atoms with E-state index >= 15 is 0 Å². The van der Waals surface area contributed by atoms with Crippen molar-refractivity contribution in [3.05, 3.63) is 21.9 Å². The summed E-state index contributed by atoms with van der Waals surface area (Å²) >= 11 is 1.36. The highest BCUT2D eigenvalue weighted by atomic mass is 32.1. The van der Waals surface area contributed by atoms with Gasteiger partial charge >= 0.3 is 6.03 Å². The molecule has 0 aliphatic heterocycles. The number of carbonyl (C=O) groups excluding carboxylic acids is 2. The minimum absolute atomic E-state index is 0.363. The van der Waals surface area contributed by atoms with Crippen molar-refractivity contribution in [2.75, 3.05) is 7.05 Å². The Bertz CT molecular complexity index is 333. The summed E-state index contributed by atoms with van der Waals surface area (Å²) in [7, 11) is 1.46. The molecule has 70 valence electrons. The third-order valence-electron chi connectivity index (χ3n) is 1.42. The largest absolute Gasteiger partial charge is 0.341 e. The molecule has 0 atom stereocenters. The highest BCUT2D eigenvalue weighted by Gasteiger charge is 2.09. The van der Waals surface area contributed by atoms with Gasteiger partial charge in [-0.1, -0.05) is 0 Å². The Labute approximate surface area is 80.0 Å². The number of thiophene rings is 1. The second-order valence-electron chi connectivity index (χ2n) is 2.44. The van der Waals surface area contributed by atoms with Gasteiger partial charge in [0.2, 0.25) is 0 Å². The lowest BCUT2D eigenvalue weighted by atomic mass is 10.4. The van der Waals surface area contributed by atoms with Crippen molar-refractivity contribution in [1.29, 1.82) is 0 Å². The first kappa shape index (κ1) is 9.73. The number of hydrogen-bond donors (Lipinski definition) is 2. The summed E-state index contributed by atoms with van der Waals surface area (Å²) in [6.45, 7) is 1.90. The van der Waals surface area contributed by atoms with E-state index in [1.54, 1.807) is 6.07 Å². The molecule has 13 heavy (non-hydrogen) atoms. The molecule has 0 spiro atoms. The van der Waals surface area contributed by atoms with Crippen molar-refractivity contribution in [2.45, 2.75) is 6.92 Å². The fourth-order valence-electron chi connectivity index (χ4n) is 0.784. The van der Waals surface area contributed by atoms with Crippen LogP contribution in [0.4, 0.5) is 4.79 Å². The maximum atomic E-state index is 11.3. The highest BCUT2D eigenvalue weighted by molar-refractivity contribution is 7.14. The Hall–Kier alpha value is -1.36. The predicted octanol–water partition coefficient (Wildman–Crippen LogP) is 1.13. The summed E-state index contributed by atoms with van der Waals surface area (Å²) in [5, 5.41) is 4.49. The van der Waals surface area contributed by atoms with Crippen LogP contribution in [0.15, 0.2) is 12.1 Å². The molecule has 1 aromatic heterocycles. The summed E-state index contributed by atoms with van der Waals surface area (Å²) < 4.78 is 0. The van der Waals surface area contributed by atoms with Crippen LogP contribution in [-0.4, -0.2) is 19.0 Å². The Morgan fingerprint density at radius 1 is 1.38 bits per heavy atom. The molecule has 0 unspecified atom stereocenters. The lowest BCUT2D eigenvalue weighted by molar-refractivity contribution is 0.0968. The van der Waals surface area contributed by atoms with E-state index < -0.39 is 6.03 Å². The maximum absolute atomic E-state index is 11.3. The lowest BCUT2D eigenvalue weighted by Gasteiger charge is -1.99. The van der Waals surface area contributed by atoms with Gasteiger partial charge in [-0.2, -0.15) is 0 Å². The molecule has 0 saturated heterocycles. The third-order valence-corrected chi connectivity index (χ3v) is 2.42. The second kappa shape index (κ2) is 4.04. The van der Waals surface area contributed by atoms with Gasteiger partial charge in [0, 0.05) is 11.9 Å². The molecule has 0 radical (unpaired) electrons. The Kier molecular flexibility index (Phi) is 3.02. The molecule has 3 amide bonds. The molecule has 2 N–H and O–H groups in total. The van der Waals surface area contributed by atoms with Gasteiger partial charge in [0.15, 0.2) is 0 Å². The van der Waals surface area contributed by atoms with E-state index in [1.165, 1.54) is 18.4 Å². The van der Waals surface area contributed by atoms with Crippen molar-refractivity contribution < 1.29 is 9.59 Å². The molecule has 0 aromatic carbocycles. The summed E-state index contributed by atoms with van der Waals surface area (Å²) in [5.41, 5.74) is 0. The molecule has 0 saturated carbocycles. The molecule has 1 heterocycles. The van der Waals surface area contributed by atoms with Crippen LogP contribution in [0.3, 0.4) is 0 Å². The van der Waals surface area contributed by atoms with Gasteiger partial charge in [0.25, 0.3) is 5.91 Å². The number of urea groups is 1. The van der Waals surface area contributed by atoms with Gasteiger partial charge in [-0.25, -0.2) is 4.79 Å². The molecule has 0 aliphatic rings. The van der Waals surface area contributed by atoms with Crippen LogP contribution in [0.2, 0.25) is 0 Å². The van der Waals surface area contributed by atoms with Gasteiger partial charge in [-0.15, -0.1) is 11.3 Å². The van der Waals surface area contributed by atoms with Crippen LogP contribution in [0.5, 0.6) is 0 Å². The first-order chi connectivity index (χ1) is 6.13. The van der Waals surface area contributed by atoms with Crippen molar-refractivity contribution in [1.82, 2.24) is 10.6 Å². The van der Waals surface area contributed by atoms with Crippen LogP contribution < -0.4 is 10.6 Å². The van der Waals surface area contributed by atoms with E-state index in [2.05, 4.69) is 10.6 Å². The Balaban J connectivity index is 2.64. The summed E-state index contributed by atoms with van der Waals surface area (Å²) in [4.78, 5) is 23.6. The zero-order valence-corrected chi connectivity index (χ0v) is 8.20. The molecular weight excluding hydrogens is 188 g/mol. The maximum Gasteiger partial charge on any atom is 0.321 e. The highest BCUT2D eigenvalue weighted by Crippen LogP contribution is 2.14. The zero-order chi connectivity index (χ0) is 9.84. The monoisotopic (exact) mass is 198 g/mol. The van der Waals surface area contributed by atoms with E-state index in [9.17, 15) is 9.59 Å². The van der Waals surface area contributed by atoms with E-state index in [-0.39, 0.29) is 5.91 Å². The molecule has 0 fully saturated rings. The average Bonchev–Trinajstić information content (AvgIpc) is 2.51. The van der Waals surface area contributed by atoms with Gasteiger partial charge < -0.3 is 5.32 Å². The van der Waals surface area contributed by atoms with Gasteiger partial charge in [-0.05, 0) is 19.1 Å². The van der Waals surface area contributed by atoms with E-state index in [4.69, 9.17) is 0 Å². The smallest absolute Gasteiger partial charge is 0.321 e. The van der Waals surface area contributed by atoms with Crippen molar-refractivity contribution in [3.63, 3.8) is 0 Å². The van der Waals surface area contributed by atoms with Crippen LogP contribution >= 0.6 is 11.3 Å². The normalized spacial score (nSPS) is 9.38. The Morgan fingerprint density at radius 2 is 2.08 bits per heavy atom. The van der Waals surface area contributed by atoms with E-state index in [0.717, 1.165) is 4.88 Å². The minimum Gasteiger partial charge on any atom is -0.341 e. The predicted molar refractivity (Wildman–Crippen MR) is 51.0 cm³/mol. The fourth-order valence-corrected chi connectivity index (χ4v) is 1.55. The van der Waals surface area contributed by atoms with Crippen molar-refractivity contribution >= 4 is 23.3 Å². The van der Waals surface area contributed by atoms with E-state index in [1.807, 2.05) is 13.0 Å². The Morgan fingerprint density at radius 3 is 2.54 bits per heavy atom. The summed E-state index contributed by atoms with van der Waals surface area (Å²) in [6.07, 6.45) is 0. The first-order valence-electron chi connectivity index (χ1n) is 3.73.